The van der Waals surface area contributed by atoms with Crippen LogP contribution >= 0.6 is 23.2 Å². The van der Waals surface area contributed by atoms with Crippen LogP contribution in [0.3, 0.4) is 0 Å². The van der Waals surface area contributed by atoms with Crippen LogP contribution < -0.4 is 14.8 Å². The first kappa shape index (κ1) is 24.2. The Morgan fingerprint density at radius 1 is 1.00 bits per heavy atom. The molecule has 0 radical (unpaired) electrons. The van der Waals surface area contributed by atoms with Crippen molar-refractivity contribution in [2.45, 2.75) is 31.3 Å². The lowest BCUT2D eigenvalue weighted by Gasteiger charge is -2.37. The van der Waals surface area contributed by atoms with Gasteiger partial charge in [0.15, 0.2) is 6.61 Å². The Hall–Kier alpha value is -2.48. The van der Waals surface area contributed by atoms with Crippen LogP contribution in [0.5, 0.6) is 11.5 Å². The van der Waals surface area contributed by atoms with Crippen LogP contribution in [-0.2, 0) is 9.59 Å². The van der Waals surface area contributed by atoms with E-state index < -0.39 is 12.0 Å². The average Bonchev–Trinajstić information content (AvgIpc) is 2.78. The van der Waals surface area contributed by atoms with Gasteiger partial charge in [0.05, 0.1) is 6.61 Å². The largest absolute Gasteiger partial charge is 0.494 e. The predicted octanol–water partition coefficient (Wildman–Crippen LogP) is 3.88. The van der Waals surface area contributed by atoms with Crippen molar-refractivity contribution in [3.8, 4) is 11.5 Å². The Bertz CT molecular complexity index is 892. The van der Waals surface area contributed by atoms with E-state index in [-0.39, 0.29) is 18.6 Å². The van der Waals surface area contributed by atoms with Crippen molar-refractivity contribution in [2.24, 2.45) is 0 Å². The molecule has 0 saturated carbocycles. The lowest BCUT2D eigenvalue weighted by Crippen LogP contribution is -2.53. The minimum Gasteiger partial charge on any atom is -0.494 e. The summed E-state index contributed by atoms with van der Waals surface area (Å²) in [6.45, 7) is 1.53. The molecule has 7 nitrogen and oxygen atoms in total. The van der Waals surface area contributed by atoms with E-state index in [0.717, 1.165) is 5.75 Å². The zero-order valence-corrected chi connectivity index (χ0v) is 19.0. The molecule has 3 rings (SSSR count). The number of carbonyl (C=O) groups excluding carboxylic acids is 1. The first-order valence-electron chi connectivity index (χ1n) is 10.4. The summed E-state index contributed by atoms with van der Waals surface area (Å²) < 4.78 is 11.1. The fourth-order valence-corrected chi connectivity index (χ4v) is 3.86. The average molecular weight is 481 g/mol. The van der Waals surface area contributed by atoms with E-state index in [1.165, 1.54) is 0 Å². The summed E-state index contributed by atoms with van der Waals surface area (Å²) in [7, 11) is 0. The Morgan fingerprint density at radius 2 is 1.59 bits per heavy atom. The molecule has 2 aromatic carbocycles. The molecule has 0 spiro atoms. The van der Waals surface area contributed by atoms with Gasteiger partial charge >= 0.3 is 5.97 Å². The predicted molar refractivity (Wildman–Crippen MR) is 123 cm³/mol. The Balaban J connectivity index is 1.40. The normalized spacial score (nSPS) is 18.7. The highest BCUT2D eigenvalue weighted by Crippen LogP contribution is 2.20. The molecular formula is C23H26Cl2N2O5. The molecule has 2 unspecified atom stereocenters. The van der Waals surface area contributed by atoms with Crippen LogP contribution in [0.15, 0.2) is 48.5 Å². The smallest absolute Gasteiger partial charge is 0.320 e. The van der Waals surface area contributed by atoms with Crippen molar-refractivity contribution < 1.29 is 24.2 Å². The van der Waals surface area contributed by atoms with Gasteiger partial charge in [0, 0.05) is 29.2 Å². The van der Waals surface area contributed by atoms with Crippen LogP contribution in [0.4, 0.5) is 0 Å². The van der Waals surface area contributed by atoms with E-state index in [9.17, 15) is 14.7 Å². The molecule has 1 amide bonds. The minimum absolute atomic E-state index is 0.137. The molecule has 0 bridgehead atoms. The van der Waals surface area contributed by atoms with E-state index >= 15 is 0 Å². The number of benzene rings is 2. The number of nitrogens with zero attached hydrogens (tertiary/aromatic N) is 1. The van der Waals surface area contributed by atoms with Crippen molar-refractivity contribution >= 4 is 35.1 Å². The number of rotatable bonds is 10. The quantitative estimate of drug-likeness (QED) is 0.501. The third kappa shape index (κ3) is 7.58. The first-order chi connectivity index (χ1) is 15.4. The maximum Gasteiger partial charge on any atom is 0.320 e. The highest BCUT2D eigenvalue weighted by molar-refractivity contribution is 6.30. The molecule has 1 aliphatic heterocycles. The number of carboxylic acid groups (broad SMARTS) is 1. The molecular weight excluding hydrogens is 455 g/mol. The molecule has 32 heavy (non-hydrogen) atoms. The highest BCUT2D eigenvalue weighted by Gasteiger charge is 2.33. The number of amides is 1. The molecule has 0 aliphatic carbocycles. The van der Waals surface area contributed by atoms with Gasteiger partial charge in [-0.2, -0.15) is 0 Å². The standard InChI is InChI=1S/C23H26Cl2N2O5/c24-16-2-6-19(7-3-16)31-13-1-11-27-12-10-18(14-21(27)23(29)30)26-22(28)15-32-20-8-4-17(25)5-9-20/h2-9,18,21H,1,10-15H2,(H,26,28)(H,29,30). The summed E-state index contributed by atoms with van der Waals surface area (Å²) in [5.74, 6) is 0.105. The summed E-state index contributed by atoms with van der Waals surface area (Å²) in [6, 6.07) is 13.0. The monoisotopic (exact) mass is 480 g/mol. The van der Waals surface area contributed by atoms with E-state index in [1.807, 2.05) is 4.90 Å². The molecule has 0 aromatic heterocycles. The van der Waals surface area contributed by atoms with Crippen LogP contribution in [0.1, 0.15) is 19.3 Å². The van der Waals surface area contributed by atoms with Crippen molar-refractivity contribution in [1.82, 2.24) is 10.2 Å². The number of aliphatic carboxylic acids is 1. The molecule has 172 valence electrons. The lowest BCUT2D eigenvalue weighted by molar-refractivity contribution is -0.145. The highest BCUT2D eigenvalue weighted by atomic mass is 35.5. The molecule has 1 saturated heterocycles. The number of halogens is 2. The van der Waals surface area contributed by atoms with Gasteiger partial charge in [-0.1, -0.05) is 23.2 Å². The maximum absolute atomic E-state index is 12.2. The van der Waals surface area contributed by atoms with Crippen molar-refractivity contribution in [2.75, 3.05) is 26.3 Å². The van der Waals surface area contributed by atoms with Gasteiger partial charge in [-0.15, -0.1) is 0 Å². The van der Waals surface area contributed by atoms with E-state index in [0.29, 0.717) is 54.8 Å². The van der Waals surface area contributed by atoms with Crippen molar-refractivity contribution in [3.05, 3.63) is 58.6 Å². The molecule has 2 atom stereocenters. The molecule has 2 aromatic rings. The summed E-state index contributed by atoms with van der Waals surface area (Å²) in [4.78, 5) is 25.9. The molecule has 9 heteroatoms. The second-order valence-corrected chi connectivity index (χ2v) is 8.45. The van der Waals surface area contributed by atoms with E-state index in [4.69, 9.17) is 32.7 Å². The number of hydrogen-bond acceptors (Lipinski definition) is 5. The number of carbonyl (C=O) groups is 2. The number of piperidine rings is 1. The van der Waals surface area contributed by atoms with Gasteiger partial charge in [0.1, 0.15) is 17.5 Å². The van der Waals surface area contributed by atoms with Crippen LogP contribution in [0.25, 0.3) is 0 Å². The summed E-state index contributed by atoms with van der Waals surface area (Å²) in [5.41, 5.74) is 0. The minimum atomic E-state index is -0.889. The van der Waals surface area contributed by atoms with E-state index in [1.54, 1.807) is 48.5 Å². The SMILES string of the molecule is O=C(COc1ccc(Cl)cc1)NC1CCN(CCCOc2ccc(Cl)cc2)C(C(=O)O)C1. The summed E-state index contributed by atoms with van der Waals surface area (Å²) in [6.07, 6.45) is 1.72. The van der Waals surface area contributed by atoms with E-state index in [2.05, 4.69) is 5.32 Å². The maximum atomic E-state index is 12.2. The molecule has 1 fully saturated rings. The fourth-order valence-electron chi connectivity index (χ4n) is 3.61. The van der Waals surface area contributed by atoms with Gasteiger partial charge in [-0.25, -0.2) is 0 Å². The van der Waals surface area contributed by atoms with Crippen LogP contribution in [0, 0.1) is 0 Å². The summed E-state index contributed by atoms with van der Waals surface area (Å²) in [5, 5.41) is 13.8. The summed E-state index contributed by atoms with van der Waals surface area (Å²) >= 11 is 11.7. The molecule has 2 N–H and O–H groups in total. The fraction of sp³-hybridized carbons (Fsp3) is 0.391. The zero-order valence-electron chi connectivity index (χ0n) is 17.5. The van der Waals surface area contributed by atoms with Crippen LogP contribution in [0.2, 0.25) is 10.0 Å². The number of ether oxygens (including phenoxy) is 2. The van der Waals surface area contributed by atoms with Gasteiger partial charge in [0.25, 0.3) is 5.91 Å². The second kappa shape index (κ2) is 11.9. The van der Waals surface area contributed by atoms with Crippen LogP contribution in [-0.4, -0.2) is 60.3 Å². The molecule has 1 aliphatic rings. The van der Waals surface area contributed by atoms with Gasteiger partial charge in [0.2, 0.25) is 0 Å². The van der Waals surface area contributed by atoms with Gasteiger partial charge < -0.3 is 19.9 Å². The second-order valence-electron chi connectivity index (χ2n) is 7.58. The van der Waals surface area contributed by atoms with Crippen molar-refractivity contribution in [1.29, 1.82) is 0 Å². The first-order valence-corrected chi connectivity index (χ1v) is 11.2. The third-order valence-corrected chi connectivity index (χ3v) is 5.72. The number of nitrogens with one attached hydrogen (secondary N) is 1. The van der Waals surface area contributed by atoms with Gasteiger partial charge in [-0.3, -0.25) is 14.5 Å². The topological polar surface area (TPSA) is 88.1 Å². The zero-order chi connectivity index (χ0) is 22.9. The van der Waals surface area contributed by atoms with Crippen molar-refractivity contribution in [3.63, 3.8) is 0 Å². The Morgan fingerprint density at radius 3 is 2.19 bits per heavy atom. The Labute approximate surface area is 197 Å². The third-order valence-electron chi connectivity index (χ3n) is 5.22. The van der Waals surface area contributed by atoms with Gasteiger partial charge in [-0.05, 0) is 67.8 Å². The number of likely N-dealkylation sites (tertiary alicyclic amines) is 1. The number of hydrogen-bond donors (Lipinski definition) is 2. The Kier molecular flexibility index (Phi) is 9.02. The number of carboxylic acids is 1. The molecule has 1 heterocycles. The lowest BCUT2D eigenvalue weighted by atomic mass is 9.96.